The summed E-state index contributed by atoms with van der Waals surface area (Å²) in [6, 6.07) is 7.77. The van der Waals surface area contributed by atoms with Crippen LogP contribution in [0.4, 0.5) is 5.69 Å². The number of ether oxygens (including phenoxy) is 1. The van der Waals surface area contributed by atoms with Crippen molar-refractivity contribution in [2.75, 3.05) is 11.9 Å². The van der Waals surface area contributed by atoms with Gasteiger partial charge in [-0.25, -0.2) is 0 Å². The quantitative estimate of drug-likeness (QED) is 0.836. The van der Waals surface area contributed by atoms with E-state index in [4.69, 9.17) is 4.74 Å². The molecule has 0 bridgehead atoms. The summed E-state index contributed by atoms with van der Waals surface area (Å²) in [4.78, 5) is 12.0. The van der Waals surface area contributed by atoms with Crippen molar-refractivity contribution in [2.45, 2.75) is 33.1 Å². The predicted molar refractivity (Wildman–Crippen MR) is 77.3 cm³/mol. The van der Waals surface area contributed by atoms with Crippen LogP contribution < -0.4 is 10.1 Å². The Balaban J connectivity index is 1.99. The molecule has 0 radical (unpaired) electrons. The van der Waals surface area contributed by atoms with Crippen LogP contribution >= 0.6 is 0 Å². The zero-order valence-electron chi connectivity index (χ0n) is 11.6. The predicted octanol–water partition coefficient (Wildman–Crippen LogP) is 3.77. The fraction of sp³-hybridized carbons (Fsp3) is 0.438. The smallest absolute Gasteiger partial charge is 0.163 e. The number of Topliss-reactive ketones (excluding diaryl/α,β-unsaturated/α-hetero) is 1. The number of hydrogen-bond acceptors (Lipinski definition) is 3. The Morgan fingerprint density at radius 2 is 2.11 bits per heavy atom. The van der Waals surface area contributed by atoms with Crippen LogP contribution in [0.3, 0.4) is 0 Å². The van der Waals surface area contributed by atoms with E-state index in [0.29, 0.717) is 6.61 Å². The second-order valence-electron chi connectivity index (χ2n) is 4.93. The molecule has 1 aromatic rings. The molecule has 0 spiro atoms. The fourth-order valence-corrected chi connectivity index (χ4v) is 2.30. The molecule has 1 aliphatic carbocycles. The molecule has 19 heavy (non-hydrogen) atoms. The van der Waals surface area contributed by atoms with E-state index < -0.39 is 0 Å². The maximum absolute atomic E-state index is 12.0. The van der Waals surface area contributed by atoms with Gasteiger partial charge >= 0.3 is 0 Å². The molecule has 1 fully saturated rings. The molecule has 1 aromatic carbocycles. The Labute approximate surface area is 114 Å². The molecule has 3 nitrogen and oxygen atoms in total. The molecule has 0 aliphatic heterocycles. The molecule has 0 heterocycles. The van der Waals surface area contributed by atoms with E-state index >= 15 is 0 Å². The fourth-order valence-electron chi connectivity index (χ4n) is 2.30. The average Bonchev–Trinajstić information content (AvgIpc) is 2.42. The van der Waals surface area contributed by atoms with Gasteiger partial charge in [0, 0.05) is 23.4 Å². The Kier molecular flexibility index (Phi) is 4.61. The van der Waals surface area contributed by atoms with E-state index in [0.717, 1.165) is 36.3 Å². The molecular weight excluding hydrogens is 238 g/mol. The van der Waals surface area contributed by atoms with E-state index in [9.17, 15) is 4.79 Å². The lowest BCUT2D eigenvalue weighted by molar-refractivity contribution is -0.119. The summed E-state index contributed by atoms with van der Waals surface area (Å²) in [5, 5.41) is 3.20. The molecule has 1 atom stereocenters. The van der Waals surface area contributed by atoms with Crippen molar-refractivity contribution in [3.8, 4) is 5.75 Å². The highest BCUT2D eigenvalue weighted by Gasteiger charge is 2.22. The van der Waals surface area contributed by atoms with Crippen LogP contribution in [0.2, 0.25) is 0 Å². The molecule has 1 aliphatic rings. The Morgan fingerprint density at radius 3 is 2.79 bits per heavy atom. The van der Waals surface area contributed by atoms with Crippen LogP contribution in [0.5, 0.6) is 5.75 Å². The van der Waals surface area contributed by atoms with Crippen LogP contribution in [-0.2, 0) is 4.79 Å². The van der Waals surface area contributed by atoms with E-state index in [1.165, 1.54) is 0 Å². The van der Waals surface area contributed by atoms with Gasteiger partial charge in [-0.15, -0.1) is 0 Å². The van der Waals surface area contributed by atoms with Gasteiger partial charge in [-0.05, 0) is 50.5 Å². The first-order chi connectivity index (χ1) is 9.20. The number of rotatable bonds is 4. The van der Waals surface area contributed by atoms with Gasteiger partial charge in [0.25, 0.3) is 0 Å². The number of ketones is 1. The van der Waals surface area contributed by atoms with Gasteiger partial charge in [-0.1, -0.05) is 6.92 Å². The van der Waals surface area contributed by atoms with Crippen molar-refractivity contribution in [3.05, 3.63) is 36.0 Å². The minimum atomic E-state index is 0.169. The van der Waals surface area contributed by atoms with Gasteiger partial charge in [0.15, 0.2) is 5.78 Å². The van der Waals surface area contributed by atoms with Crippen molar-refractivity contribution in [2.24, 2.45) is 5.92 Å². The maximum atomic E-state index is 12.0. The molecule has 0 amide bonds. The summed E-state index contributed by atoms with van der Waals surface area (Å²) in [6.07, 6.45) is 4.85. The van der Waals surface area contributed by atoms with E-state index in [2.05, 4.69) is 5.32 Å². The number of hydrogen-bond donors (Lipinski definition) is 1. The number of benzene rings is 1. The first-order valence-corrected chi connectivity index (χ1v) is 6.93. The monoisotopic (exact) mass is 259 g/mol. The Bertz CT molecular complexity index is 462. The zero-order chi connectivity index (χ0) is 13.7. The first-order valence-electron chi connectivity index (χ1n) is 6.93. The third kappa shape index (κ3) is 3.60. The summed E-state index contributed by atoms with van der Waals surface area (Å²) in [5.41, 5.74) is 1.88. The minimum Gasteiger partial charge on any atom is -0.494 e. The second kappa shape index (κ2) is 6.41. The lowest BCUT2D eigenvalue weighted by Gasteiger charge is -2.19. The largest absolute Gasteiger partial charge is 0.494 e. The molecule has 102 valence electrons. The second-order valence-corrected chi connectivity index (χ2v) is 4.93. The zero-order valence-corrected chi connectivity index (χ0v) is 11.6. The Morgan fingerprint density at radius 1 is 1.37 bits per heavy atom. The normalized spacial score (nSPS) is 21.5. The lowest BCUT2D eigenvalue weighted by atomic mass is 9.86. The standard InChI is InChI=1S/C16H21NO2/c1-3-19-15-9-7-14(8-10-15)17-11-13-6-4-5-12(2)16(13)18/h7-12,17H,3-6H2,1-2H3. The van der Waals surface area contributed by atoms with E-state index in [-0.39, 0.29) is 11.7 Å². The van der Waals surface area contributed by atoms with Crippen molar-refractivity contribution in [1.82, 2.24) is 0 Å². The third-order valence-corrected chi connectivity index (χ3v) is 3.43. The van der Waals surface area contributed by atoms with Gasteiger partial charge in [0.05, 0.1) is 6.61 Å². The molecule has 3 heteroatoms. The minimum absolute atomic E-state index is 0.169. The summed E-state index contributed by atoms with van der Waals surface area (Å²) in [5.74, 6) is 1.31. The molecule has 1 N–H and O–H groups in total. The average molecular weight is 259 g/mol. The molecule has 0 aromatic heterocycles. The maximum Gasteiger partial charge on any atom is 0.163 e. The van der Waals surface area contributed by atoms with Gasteiger partial charge in [0.2, 0.25) is 0 Å². The Hall–Kier alpha value is -1.77. The van der Waals surface area contributed by atoms with Crippen LogP contribution in [0.1, 0.15) is 33.1 Å². The number of carbonyl (C=O) groups excluding carboxylic acids is 1. The van der Waals surface area contributed by atoms with Crippen LogP contribution in [0.15, 0.2) is 36.0 Å². The highest BCUT2D eigenvalue weighted by molar-refractivity contribution is 5.97. The van der Waals surface area contributed by atoms with Crippen LogP contribution in [0.25, 0.3) is 0 Å². The summed E-state index contributed by atoms with van der Waals surface area (Å²) in [6.45, 7) is 4.64. The highest BCUT2D eigenvalue weighted by Crippen LogP contribution is 2.25. The van der Waals surface area contributed by atoms with Gasteiger partial charge in [-0.2, -0.15) is 0 Å². The molecule has 0 saturated heterocycles. The van der Waals surface area contributed by atoms with Crippen molar-refractivity contribution in [3.63, 3.8) is 0 Å². The molecule has 2 rings (SSSR count). The van der Waals surface area contributed by atoms with E-state index in [1.54, 1.807) is 0 Å². The van der Waals surface area contributed by atoms with Gasteiger partial charge in [0.1, 0.15) is 5.75 Å². The van der Waals surface area contributed by atoms with Crippen molar-refractivity contribution in [1.29, 1.82) is 0 Å². The molecular formula is C16H21NO2. The summed E-state index contributed by atoms with van der Waals surface area (Å²) in [7, 11) is 0. The highest BCUT2D eigenvalue weighted by atomic mass is 16.5. The number of allylic oxidation sites excluding steroid dienone is 1. The van der Waals surface area contributed by atoms with Crippen LogP contribution in [0, 0.1) is 5.92 Å². The third-order valence-electron chi connectivity index (χ3n) is 3.43. The number of carbonyl (C=O) groups is 1. The lowest BCUT2D eigenvalue weighted by Crippen LogP contribution is -2.19. The first kappa shape index (κ1) is 13.7. The van der Waals surface area contributed by atoms with Crippen LogP contribution in [-0.4, -0.2) is 12.4 Å². The topological polar surface area (TPSA) is 38.3 Å². The number of anilines is 1. The number of nitrogens with one attached hydrogen (secondary N) is 1. The van der Waals surface area contributed by atoms with Crippen molar-refractivity contribution >= 4 is 11.5 Å². The molecule has 1 unspecified atom stereocenters. The van der Waals surface area contributed by atoms with E-state index in [1.807, 2.05) is 44.3 Å². The molecule has 1 saturated carbocycles. The summed E-state index contributed by atoms with van der Waals surface area (Å²) < 4.78 is 5.39. The SMILES string of the molecule is CCOc1ccc(NC=C2CCCC(C)C2=O)cc1. The van der Waals surface area contributed by atoms with Gasteiger partial charge in [-0.3, -0.25) is 4.79 Å². The van der Waals surface area contributed by atoms with Crippen molar-refractivity contribution < 1.29 is 9.53 Å². The van der Waals surface area contributed by atoms with Gasteiger partial charge < -0.3 is 10.1 Å². The summed E-state index contributed by atoms with van der Waals surface area (Å²) >= 11 is 0.